The van der Waals surface area contributed by atoms with Crippen molar-refractivity contribution in [2.75, 3.05) is 0 Å². The number of nitrogens with one attached hydrogen (secondary N) is 1. The van der Waals surface area contributed by atoms with Crippen LogP contribution in [0.1, 0.15) is 21.5 Å². The van der Waals surface area contributed by atoms with Crippen molar-refractivity contribution in [1.82, 2.24) is 4.98 Å². The van der Waals surface area contributed by atoms with Gasteiger partial charge in [0.1, 0.15) is 11.6 Å². The van der Waals surface area contributed by atoms with Gasteiger partial charge in [-0.25, -0.2) is 8.78 Å². The summed E-state index contributed by atoms with van der Waals surface area (Å²) in [4.78, 5) is 14.4. The summed E-state index contributed by atoms with van der Waals surface area (Å²) >= 11 is 0. The Kier molecular flexibility index (Phi) is 3.09. The molecular formula is C17H13F2NO. The van der Waals surface area contributed by atoms with E-state index >= 15 is 0 Å². The van der Waals surface area contributed by atoms with Crippen LogP contribution in [0.3, 0.4) is 0 Å². The van der Waals surface area contributed by atoms with Gasteiger partial charge in [0, 0.05) is 22.6 Å². The molecule has 0 unspecified atom stereocenters. The number of rotatable bonds is 2. The van der Waals surface area contributed by atoms with E-state index in [4.69, 9.17) is 0 Å². The van der Waals surface area contributed by atoms with Crippen LogP contribution in [0.25, 0.3) is 22.2 Å². The minimum Gasteiger partial charge on any atom is -0.352 e. The van der Waals surface area contributed by atoms with Gasteiger partial charge in [0.2, 0.25) is 0 Å². The Morgan fingerprint density at radius 2 is 1.86 bits per heavy atom. The van der Waals surface area contributed by atoms with Crippen LogP contribution < -0.4 is 0 Å². The highest BCUT2D eigenvalue weighted by molar-refractivity contribution is 6.04. The zero-order valence-corrected chi connectivity index (χ0v) is 11.6. The molecule has 1 aromatic heterocycles. The minimum absolute atomic E-state index is 0.148. The number of carbonyl (C=O) groups is 1. The fourth-order valence-corrected chi connectivity index (χ4v) is 2.58. The monoisotopic (exact) mass is 285 g/mol. The third-order valence-electron chi connectivity index (χ3n) is 3.64. The number of benzene rings is 2. The Morgan fingerprint density at radius 1 is 1.10 bits per heavy atom. The number of fused-ring (bicyclic) bond motifs is 1. The van der Waals surface area contributed by atoms with E-state index in [1.165, 1.54) is 6.07 Å². The van der Waals surface area contributed by atoms with Crippen LogP contribution in [0.2, 0.25) is 0 Å². The molecule has 2 nitrogen and oxygen atoms in total. The fraction of sp³-hybridized carbons (Fsp3) is 0.118. The molecular weight excluding hydrogens is 272 g/mol. The van der Waals surface area contributed by atoms with Crippen molar-refractivity contribution in [3.8, 4) is 11.3 Å². The first kappa shape index (κ1) is 13.5. The molecule has 3 rings (SSSR count). The maximum Gasteiger partial charge on any atom is 0.152 e. The van der Waals surface area contributed by atoms with Crippen LogP contribution >= 0.6 is 0 Å². The van der Waals surface area contributed by atoms with Gasteiger partial charge in [-0.15, -0.1) is 0 Å². The zero-order valence-electron chi connectivity index (χ0n) is 11.6. The first-order chi connectivity index (χ1) is 10.0. The third-order valence-corrected chi connectivity index (χ3v) is 3.64. The second-order valence-corrected chi connectivity index (χ2v) is 5.16. The average Bonchev–Trinajstić information content (AvgIpc) is 2.80. The number of H-pyrrole nitrogens is 1. The van der Waals surface area contributed by atoms with Crippen LogP contribution in [0, 0.1) is 25.5 Å². The Labute approximate surface area is 120 Å². The molecule has 0 aliphatic carbocycles. The van der Waals surface area contributed by atoms with Crippen molar-refractivity contribution in [2.45, 2.75) is 13.8 Å². The Morgan fingerprint density at radius 3 is 2.57 bits per heavy atom. The number of aromatic nitrogens is 1. The van der Waals surface area contributed by atoms with Crippen molar-refractivity contribution in [1.29, 1.82) is 0 Å². The number of aromatic amines is 1. The molecule has 0 saturated heterocycles. The predicted octanol–water partition coefficient (Wildman–Crippen LogP) is 4.54. The maximum atomic E-state index is 13.9. The van der Waals surface area contributed by atoms with Crippen LogP contribution in [-0.2, 0) is 0 Å². The lowest BCUT2D eigenvalue weighted by Crippen LogP contribution is -1.89. The zero-order chi connectivity index (χ0) is 15.1. The van der Waals surface area contributed by atoms with Crippen molar-refractivity contribution in [3.05, 3.63) is 58.7 Å². The quantitative estimate of drug-likeness (QED) is 0.689. The van der Waals surface area contributed by atoms with Crippen molar-refractivity contribution >= 4 is 17.2 Å². The summed E-state index contributed by atoms with van der Waals surface area (Å²) in [6.07, 6.45) is 0.634. The van der Waals surface area contributed by atoms with E-state index in [0.717, 1.165) is 22.8 Å². The van der Waals surface area contributed by atoms with Crippen molar-refractivity contribution in [3.63, 3.8) is 0 Å². The molecule has 21 heavy (non-hydrogen) atoms. The van der Waals surface area contributed by atoms with Crippen LogP contribution in [-0.4, -0.2) is 11.3 Å². The number of hydrogen-bond acceptors (Lipinski definition) is 1. The van der Waals surface area contributed by atoms with E-state index in [1.54, 1.807) is 0 Å². The van der Waals surface area contributed by atoms with Crippen LogP contribution in [0.5, 0.6) is 0 Å². The normalized spacial score (nSPS) is 11.0. The number of hydrogen-bond donors (Lipinski definition) is 1. The molecule has 0 radical (unpaired) electrons. The molecule has 0 fully saturated rings. The molecule has 3 aromatic rings. The highest BCUT2D eigenvalue weighted by Gasteiger charge is 2.17. The molecule has 0 spiro atoms. The van der Waals surface area contributed by atoms with Crippen LogP contribution in [0.15, 0.2) is 30.3 Å². The molecule has 2 aromatic carbocycles. The molecule has 106 valence electrons. The summed E-state index contributed by atoms with van der Waals surface area (Å²) in [5.41, 5.74) is 3.74. The summed E-state index contributed by atoms with van der Waals surface area (Å²) in [6.45, 7) is 3.85. The molecule has 1 heterocycles. The van der Waals surface area contributed by atoms with Crippen molar-refractivity contribution < 1.29 is 13.6 Å². The largest absolute Gasteiger partial charge is 0.352 e. The van der Waals surface area contributed by atoms with Gasteiger partial charge in [0.25, 0.3) is 0 Å². The molecule has 1 N–H and O–H groups in total. The molecule has 4 heteroatoms. The summed E-state index contributed by atoms with van der Waals surface area (Å²) < 4.78 is 27.3. The Balaban J connectivity index is 2.40. The maximum absolute atomic E-state index is 13.9. The van der Waals surface area contributed by atoms with E-state index in [2.05, 4.69) is 4.98 Å². The summed E-state index contributed by atoms with van der Waals surface area (Å²) in [5, 5.41) is 0.262. The standard InChI is InChI=1S/C17H13F2NO/c1-9-3-4-10(2)12(5-9)16-14(8-21)13-6-11(18)7-15(19)17(13)20-16/h3-8,20H,1-2H3. The average molecular weight is 285 g/mol. The summed E-state index contributed by atoms with van der Waals surface area (Å²) in [6, 6.07) is 7.79. The third kappa shape index (κ3) is 2.13. The number of aldehydes is 1. The number of halogens is 2. The molecule has 0 amide bonds. The Hall–Kier alpha value is -2.49. The predicted molar refractivity (Wildman–Crippen MR) is 78.5 cm³/mol. The molecule has 0 bridgehead atoms. The van der Waals surface area contributed by atoms with E-state index in [1.807, 2.05) is 32.0 Å². The van der Waals surface area contributed by atoms with Gasteiger partial charge in [0.05, 0.1) is 11.2 Å². The second-order valence-electron chi connectivity index (χ2n) is 5.16. The van der Waals surface area contributed by atoms with Gasteiger partial charge < -0.3 is 4.98 Å². The first-order valence-electron chi connectivity index (χ1n) is 6.55. The van der Waals surface area contributed by atoms with Gasteiger partial charge in [-0.3, -0.25) is 4.79 Å². The SMILES string of the molecule is Cc1ccc(C)c(-c2[nH]c3c(F)cc(F)cc3c2C=O)c1. The van der Waals surface area contributed by atoms with Gasteiger partial charge >= 0.3 is 0 Å². The van der Waals surface area contributed by atoms with E-state index in [9.17, 15) is 13.6 Å². The molecule has 0 aliphatic rings. The highest BCUT2D eigenvalue weighted by Crippen LogP contribution is 2.33. The smallest absolute Gasteiger partial charge is 0.152 e. The fourth-order valence-electron chi connectivity index (χ4n) is 2.58. The van der Waals surface area contributed by atoms with Gasteiger partial charge in [-0.2, -0.15) is 0 Å². The van der Waals surface area contributed by atoms with Crippen LogP contribution in [0.4, 0.5) is 8.78 Å². The van der Waals surface area contributed by atoms with E-state index in [0.29, 0.717) is 12.0 Å². The second kappa shape index (κ2) is 4.81. The molecule has 0 saturated carbocycles. The number of carbonyl (C=O) groups excluding carboxylic acids is 1. The van der Waals surface area contributed by atoms with Gasteiger partial charge in [-0.1, -0.05) is 17.7 Å². The highest BCUT2D eigenvalue weighted by atomic mass is 19.1. The Bertz CT molecular complexity index is 865. The lowest BCUT2D eigenvalue weighted by Gasteiger charge is -2.06. The molecule has 0 atom stereocenters. The lowest BCUT2D eigenvalue weighted by atomic mass is 10.00. The first-order valence-corrected chi connectivity index (χ1v) is 6.55. The van der Waals surface area contributed by atoms with Gasteiger partial charge in [0.15, 0.2) is 6.29 Å². The molecule has 0 aliphatic heterocycles. The van der Waals surface area contributed by atoms with E-state index in [-0.39, 0.29) is 16.5 Å². The lowest BCUT2D eigenvalue weighted by molar-refractivity contribution is 0.112. The van der Waals surface area contributed by atoms with E-state index < -0.39 is 11.6 Å². The summed E-state index contributed by atoms with van der Waals surface area (Å²) in [5.74, 6) is -1.40. The topological polar surface area (TPSA) is 32.9 Å². The van der Waals surface area contributed by atoms with Crippen molar-refractivity contribution in [2.24, 2.45) is 0 Å². The number of aryl methyl sites for hydroxylation is 2. The minimum atomic E-state index is -0.704. The summed E-state index contributed by atoms with van der Waals surface area (Å²) in [7, 11) is 0. The van der Waals surface area contributed by atoms with Gasteiger partial charge in [-0.05, 0) is 31.5 Å².